The predicted molar refractivity (Wildman–Crippen MR) is 70.7 cm³/mol. The largest absolute Gasteiger partial charge is 0.392 e. The van der Waals surface area contributed by atoms with E-state index in [1.54, 1.807) is 6.20 Å². The maximum atomic E-state index is 11.3. The van der Waals surface area contributed by atoms with E-state index in [0.29, 0.717) is 13.0 Å². The van der Waals surface area contributed by atoms with Crippen LogP contribution in [-0.4, -0.2) is 34.9 Å². The summed E-state index contributed by atoms with van der Waals surface area (Å²) in [5.41, 5.74) is 6.04. The molecule has 0 saturated carbocycles. The molecule has 96 valence electrons. The molecule has 6 nitrogen and oxygen atoms in total. The molecular weight excluding hydrogens is 252 g/mol. The number of hydrogen-bond acceptors (Lipinski definition) is 4. The molecule has 0 bridgehead atoms. The van der Waals surface area contributed by atoms with Gasteiger partial charge in [-0.3, -0.25) is 14.6 Å². The molecule has 2 amide bonds. The number of nitrogens with two attached hydrogens (primary N) is 1. The predicted octanol–water partition coefficient (Wildman–Crippen LogP) is -0.857. The van der Waals surface area contributed by atoms with Crippen LogP contribution in [-0.2, 0) is 16.0 Å². The number of carbonyl (C=O) groups excluding carboxylic acids is 2. The summed E-state index contributed by atoms with van der Waals surface area (Å²) < 4.78 is 0. The summed E-state index contributed by atoms with van der Waals surface area (Å²) in [6.07, 6.45) is 2.24. The highest BCUT2D eigenvalue weighted by Crippen LogP contribution is 1.92. The van der Waals surface area contributed by atoms with Gasteiger partial charge >= 0.3 is 11.8 Å². The van der Waals surface area contributed by atoms with Gasteiger partial charge in [0.1, 0.15) is 0 Å². The van der Waals surface area contributed by atoms with Gasteiger partial charge in [0, 0.05) is 24.9 Å². The second kappa shape index (κ2) is 7.33. The Morgan fingerprint density at radius 3 is 2.61 bits per heavy atom. The lowest BCUT2D eigenvalue weighted by Crippen LogP contribution is -2.43. The zero-order valence-corrected chi connectivity index (χ0v) is 10.5. The Balaban J connectivity index is 2.24. The van der Waals surface area contributed by atoms with Gasteiger partial charge < -0.3 is 16.4 Å². The van der Waals surface area contributed by atoms with Crippen LogP contribution < -0.4 is 16.4 Å². The van der Waals surface area contributed by atoms with Crippen molar-refractivity contribution >= 4 is 29.0 Å². The van der Waals surface area contributed by atoms with E-state index in [1.807, 2.05) is 18.2 Å². The van der Waals surface area contributed by atoms with E-state index in [-0.39, 0.29) is 11.5 Å². The Morgan fingerprint density at radius 2 is 2.00 bits per heavy atom. The fourth-order valence-corrected chi connectivity index (χ4v) is 1.25. The van der Waals surface area contributed by atoms with Crippen molar-refractivity contribution in [3.05, 3.63) is 30.1 Å². The van der Waals surface area contributed by atoms with Crippen LogP contribution in [0.2, 0.25) is 0 Å². The number of rotatable bonds is 5. The minimum absolute atomic E-state index is 0.0157. The number of amides is 2. The minimum atomic E-state index is -0.746. The second-order valence-electron chi connectivity index (χ2n) is 3.48. The van der Waals surface area contributed by atoms with Crippen molar-refractivity contribution in [2.45, 2.75) is 6.42 Å². The first-order valence-electron chi connectivity index (χ1n) is 5.34. The number of pyridine rings is 1. The van der Waals surface area contributed by atoms with E-state index < -0.39 is 11.8 Å². The molecule has 0 radical (unpaired) electrons. The van der Waals surface area contributed by atoms with Crippen molar-refractivity contribution in [2.75, 3.05) is 13.1 Å². The molecule has 0 spiro atoms. The van der Waals surface area contributed by atoms with Gasteiger partial charge in [0.2, 0.25) is 0 Å². The lowest BCUT2D eigenvalue weighted by atomic mass is 10.3. The Kier molecular flexibility index (Phi) is 5.72. The Labute approximate surface area is 110 Å². The lowest BCUT2D eigenvalue weighted by molar-refractivity contribution is -0.139. The summed E-state index contributed by atoms with van der Waals surface area (Å²) in [5.74, 6) is -1.45. The molecule has 1 aromatic rings. The van der Waals surface area contributed by atoms with E-state index in [9.17, 15) is 9.59 Å². The van der Waals surface area contributed by atoms with Gasteiger partial charge in [-0.25, -0.2) is 0 Å². The Morgan fingerprint density at radius 1 is 1.28 bits per heavy atom. The molecule has 0 unspecified atom stereocenters. The number of nitrogens with one attached hydrogen (secondary N) is 2. The fourth-order valence-electron chi connectivity index (χ4n) is 1.18. The van der Waals surface area contributed by atoms with Crippen molar-refractivity contribution in [3.63, 3.8) is 0 Å². The van der Waals surface area contributed by atoms with Gasteiger partial charge in [0.25, 0.3) is 0 Å². The van der Waals surface area contributed by atoms with Crippen LogP contribution in [0.5, 0.6) is 0 Å². The molecule has 0 atom stereocenters. The highest BCUT2D eigenvalue weighted by molar-refractivity contribution is 7.80. The van der Waals surface area contributed by atoms with E-state index in [0.717, 1.165) is 5.69 Å². The zero-order chi connectivity index (χ0) is 13.4. The highest BCUT2D eigenvalue weighted by atomic mass is 32.1. The quantitative estimate of drug-likeness (QED) is 0.476. The van der Waals surface area contributed by atoms with Crippen molar-refractivity contribution in [1.29, 1.82) is 0 Å². The van der Waals surface area contributed by atoms with Gasteiger partial charge in [0.15, 0.2) is 0 Å². The summed E-state index contributed by atoms with van der Waals surface area (Å²) in [6.45, 7) is 0.359. The normalized spacial score (nSPS) is 9.56. The molecule has 4 N–H and O–H groups in total. The lowest BCUT2D eigenvalue weighted by Gasteiger charge is -2.05. The van der Waals surface area contributed by atoms with Gasteiger partial charge in [0.05, 0.1) is 11.5 Å². The SMILES string of the molecule is NC(=S)CNC(=O)C(=O)NCCc1ccccn1. The molecule has 0 aromatic carbocycles. The van der Waals surface area contributed by atoms with E-state index in [2.05, 4.69) is 27.8 Å². The third-order valence-electron chi connectivity index (χ3n) is 2.02. The van der Waals surface area contributed by atoms with Crippen molar-refractivity contribution in [3.8, 4) is 0 Å². The smallest absolute Gasteiger partial charge is 0.309 e. The molecule has 0 aliphatic heterocycles. The van der Waals surface area contributed by atoms with E-state index in [1.165, 1.54) is 0 Å². The van der Waals surface area contributed by atoms with Gasteiger partial charge in [-0.15, -0.1) is 0 Å². The van der Waals surface area contributed by atoms with Crippen LogP contribution in [0.15, 0.2) is 24.4 Å². The first kappa shape index (κ1) is 14.0. The molecule has 0 fully saturated rings. The monoisotopic (exact) mass is 266 g/mol. The average Bonchev–Trinajstić information content (AvgIpc) is 2.37. The van der Waals surface area contributed by atoms with E-state index in [4.69, 9.17) is 5.73 Å². The minimum Gasteiger partial charge on any atom is -0.392 e. The van der Waals surface area contributed by atoms with Crippen LogP contribution in [0.3, 0.4) is 0 Å². The van der Waals surface area contributed by atoms with Crippen LogP contribution in [0.1, 0.15) is 5.69 Å². The van der Waals surface area contributed by atoms with E-state index >= 15 is 0 Å². The molecule has 1 heterocycles. The molecule has 7 heteroatoms. The molecule has 0 aliphatic rings. The summed E-state index contributed by atoms with van der Waals surface area (Å²) >= 11 is 4.57. The third-order valence-corrected chi connectivity index (χ3v) is 2.17. The molecule has 0 saturated heterocycles. The number of nitrogens with zero attached hydrogens (tertiary/aromatic N) is 1. The van der Waals surface area contributed by atoms with Crippen LogP contribution in [0.4, 0.5) is 0 Å². The second-order valence-corrected chi connectivity index (χ2v) is 4.00. The molecule has 1 rings (SSSR count). The standard InChI is InChI=1S/C11H14N4O2S/c12-9(18)7-15-11(17)10(16)14-6-4-8-3-1-2-5-13-8/h1-3,5H,4,6-7H2,(H2,12,18)(H,14,16)(H,15,17). The molecule has 18 heavy (non-hydrogen) atoms. The number of aromatic nitrogens is 1. The zero-order valence-electron chi connectivity index (χ0n) is 9.68. The molecular formula is C11H14N4O2S. The number of carbonyl (C=O) groups is 2. The Bertz CT molecular complexity index is 436. The van der Waals surface area contributed by atoms with Crippen molar-refractivity contribution in [2.24, 2.45) is 5.73 Å². The third kappa shape index (κ3) is 5.35. The molecule has 1 aromatic heterocycles. The van der Waals surface area contributed by atoms with Crippen LogP contribution in [0, 0.1) is 0 Å². The summed E-state index contributed by atoms with van der Waals surface area (Å²) in [7, 11) is 0. The summed E-state index contributed by atoms with van der Waals surface area (Å²) in [5, 5.41) is 4.78. The van der Waals surface area contributed by atoms with Crippen LogP contribution >= 0.6 is 12.2 Å². The highest BCUT2D eigenvalue weighted by Gasteiger charge is 2.12. The average molecular weight is 266 g/mol. The first-order chi connectivity index (χ1) is 8.59. The maximum absolute atomic E-state index is 11.3. The topological polar surface area (TPSA) is 97.1 Å². The summed E-state index contributed by atoms with van der Waals surface area (Å²) in [6, 6.07) is 5.52. The van der Waals surface area contributed by atoms with Crippen molar-refractivity contribution in [1.82, 2.24) is 15.6 Å². The van der Waals surface area contributed by atoms with Crippen LogP contribution in [0.25, 0.3) is 0 Å². The van der Waals surface area contributed by atoms with Gasteiger partial charge in [-0.1, -0.05) is 18.3 Å². The van der Waals surface area contributed by atoms with Gasteiger partial charge in [-0.2, -0.15) is 0 Å². The maximum Gasteiger partial charge on any atom is 0.309 e. The Hall–Kier alpha value is -2.02. The first-order valence-corrected chi connectivity index (χ1v) is 5.74. The van der Waals surface area contributed by atoms with Gasteiger partial charge in [-0.05, 0) is 12.1 Å². The molecule has 0 aliphatic carbocycles. The summed E-state index contributed by atoms with van der Waals surface area (Å²) in [4.78, 5) is 26.8. The van der Waals surface area contributed by atoms with Crippen molar-refractivity contribution < 1.29 is 9.59 Å². The fraction of sp³-hybridized carbons (Fsp3) is 0.273. The number of thiocarbonyl (C=S) groups is 1. The number of hydrogen-bond donors (Lipinski definition) is 3.